The first-order valence-corrected chi connectivity index (χ1v) is 11.9. The van der Waals surface area contributed by atoms with E-state index < -0.39 is 58.6 Å². The van der Waals surface area contributed by atoms with Gasteiger partial charge in [0.25, 0.3) is 0 Å². The Balaban J connectivity index is 1.91. The van der Waals surface area contributed by atoms with E-state index in [1.54, 1.807) is 30.3 Å². The van der Waals surface area contributed by atoms with E-state index in [4.69, 9.17) is 11.5 Å². The Bertz CT molecular complexity index is 1070. The summed E-state index contributed by atoms with van der Waals surface area (Å²) in [7, 11) is -3.19. The van der Waals surface area contributed by atoms with Crippen LogP contribution in [0, 0.1) is 0 Å². The normalized spacial score (nSPS) is 16.4. The first-order chi connectivity index (χ1) is 16.5. The number of nitrogens with two attached hydrogens (primary N) is 2. The summed E-state index contributed by atoms with van der Waals surface area (Å²) in [5.74, 6) is -4.08. The fourth-order valence-electron chi connectivity index (χ4n) is 3.17. The van der Waals surface area contributed by atoms with Gasteiger partial charge in [-0.05, 0) is 12.8 Å². The Morgan fingerprint density at radius 3 is 2.49 bits per heavy atom. The number of carbonyl (C=O) groups is 4. The van der Waals surface area contributed by atoms with Crippen LogP contribution in [-0.2, 0) is 24.3 Å². The molecule has 1 aromatic carbocycles. The molecule has 0 saturated carbocycles. The molecule has 2 radical (unpaired) electrons. The van der Waals surface area contributed by atoms with E-state index in [1.807, 2.05) is 0 Å². The minimum atomic E-state index is -3.95. The van der Waals surface area contributed by atoms with Crippen LogP contribution in [0.2, 0.25) is 0 Å². The van der Waals surface area contributed by atoms with Crippen molar-refractivity contribution < 1.29 is 32.7 Å². The SMILES string of the molecule is NC(N)=N[B]C(=O)NCC(=O)NCC(NC(=O)C1CCCN1S(=O)(=O)[B]c1ccccc1)C(=O)O. The Morgan fingerprint density at radius 1 is 1.17 bits per heavy atom. The van der Waals surface area contributed by atoms with E-state index in [1.165, 1.54) is 0 Å². The molecule has 3 amide bonds. The van der Waals surface area contributed by atoms with Crippen LogP contribution >= 0.6 is 0 Å². The van der Waals surface area contributed by atoms with Gasteiger partial charge in [0.05, 0.1) is 6.54 Å². The average molecular weight is 505 g/mol. The number of carboxylic acid groups (broad SMARTS) is 1. The summed E-state index contributed by atoms with van der Waals surface area (Å²) in [6.45, 7) is 0.157. The Morgan fingerprint density at radius 2 is 1.86 bits per heavy atom. The quantitative estimate of drug-likeness (QED) is 0.0924. The maximum absolute atomic E-state index is 12.8. The first kappa shape index (κ1) is 27.7. The number of benzene rings is 1. The molecule has 2 unspecified atom stereocenters. The number of hydrogen-bond donors (Lipinski definition) is 6. The summed E-state index contributed by atoms with van der Waals surface area (Å²) in [5.41, 5.74) is 10.6. The smallest absolute Gasteiger partial charge is 0.392 e. The van der Waals surface area contributed by atoms with Gasteiger partial charge in [0, 0.05) is 13.1 Å². The number of aliphatic carboxylic acids is 1. The summed E-state index contributed by atoms with van der Waals surface area (Å²) in [5, 5.41) is 16.1. The Labute approximate surface area is 203 Å². The van der Waals surface area contributed by atoms with Gasteiger partial charge in [-0.25, -0.2) is 13.2 Å². The van der Waals surface area contributed by atoms with Gasteiger partial charge in [-0.1, -0.05) is 35.8 Å². The highest BCUT2D eigenvalue weighted by atomic mass is 32.2. The van der Waals surface area contributed by atoms with Gasteiger partial charge in [-0.3, -0.25) is 14.4 Å². The summed E-state index contributed by atoms with van der Waals surface area (Å²) >= 11 is 0. The molecular formula is C18H25B2N7O7S. The minimum Gasteiger partial charge on any atom is -0.480 e. The van der Waals surface area contributed by atoms with Gasteiger partial charge in [0.15, 0.2) is 21.6 Å². The van der Waals surface area contributed by atoms with Gasteiger partial charge in [0.2, 0.25) is 11.8 Å². The molecule has 2 rings (SSSR count). The van der Waals surface area contributed by atoms with Gasteiger partial charge < -0.3 is 37.4 Å². The van der Waals surface area contributed by atoms with Crippen molar-refractivity contribution in [1.29, 1.82) is 0 Å². The van der Waals surface area contributed by atoms with Crippen LogP contribution in [0.15, 0.2) is 35.2 Å². The van der Waals surface area contributed by atoms with E-state index in [-0.39, 0.29) is 18.9 Å². The van der Waals surface area contributed by atoms with Crippen LogP contribution in [-0.4, -0.2) is 93.1 Å². The van der Waals surface area contributed by atoms with Crippen molar-refractivity contribution >= 4 is 58.9 Å². The maximum Gasteiger partial charge on any atom is 0.392 e. The molecule has 8 N–H and O–H groups in total. The number of guanidine groups is 1. The zero-order chi connectivity index (χ0) is 26.0. The molecule has 0 aliphatic carbocycles. The fraction of sp³-hybridized carbons (Fsp3) is 0.389. The molecule has 0 aromatic heterocycles. The zero-order valence-electron chi connectivity index (χ0n) is 18.6. The van der Waals surface area contributed by atoms with Crippen molar-refractivity contribution in [1.82, 2.24) is 20.3 Å². The second kappa shape index (κ2) is 12.8. The van der Waals surface area contributed by atoms with E-state index >= 15 is 0 Å². The molecule has 17 heteroatoms. The number of carboxylic acids is 1. The van der Waals surface area contributed by atoms with Crippen molar-refractivity contribution in [3.05, 3.63) is 30.3 Å². The molecule has 1 saturated heterocycles. The van der Waals surface area contributed by atoms with Gasteiger partial charge in [-0.2, -0.15) is 4.31 Å². The molecule has 1 fully saturated rings. The van der Waals surface area contributed by atoms with Crippen molar-refractivity contribution in [3.8, 4) is 0 Å². The van der Waals surface area contributed by atoms with E-state index in [0.717, 1.165) is 18.3 Å². The highest BCUT2D eigenvalue weighted by Crippen LogP contribution is 2.21. The third-order valence-electron chi connectivity index (χ3n) is 4.79. The standard InChI is InChI=1S/C18H25B2N7O7S/c21-18(22)26-19-17(32)24-10-14(28)23-9-12(16(30)31)25-15(29)13-7-4-8-27(13)35(33,34)20-11-5-2-1-3-6-11/h1-3,5-6,12-13H,4,7-10H2,(H,23,28)(H,24,32)(H,25,29)(H,30,31)(H4,21,22,26). The van der Waals surface area contributed by atoms with Crippen LogP contribution in [0.3, 0.4) is 0 Å². The van der Waals surface area contributed by atoms with Crippen LogP contribution in [0.4, 0.5) is 4.79 Å². The predicted molar refractivity (Wildman–Crippen MR) is 128 cm³/mol. The highest BCUT2D eigenvalue weighted by molar-refractivity contribution is 8.14. The third-order valence-corrected chi connectivity index (χ3v) is 6.45. The topological polar surface area (TPSA) is 226 Å². The van der Waals surface area contributed by atoms with E-state index in [0.29, 0.717) is 11.9 Å². The summed E-state index contributed by atoms with van der Waals surface area (Å²) < 4.78 is 26.7. The van der Waals surface area contributed by atoms with E-state index in [9.17, 15) is 32.7 Å². The molecular weight excluding hydrogens is 480 g/mol. The van der Waals surface area contributed by atoms with Gasteiger partial charge in [-0.15, -0.1) is 0 Å². The van der Waals surface area contributed by atoms with Crippen molar-refractivity contribution in [2.75, 3.05) is 19.6 Å². The summed E-state index contributed by atoms with van der Waals surface area (Å²) in [4.78, 5) is 51.0. The highest BCUT2D eigenvalue weighted by Gasteiger charge is 2.40. The third kappa shape index (κ3) is 8.94. The fourth-order valence-corrected chi connectivity index (χ4v) is 4.75. The lowest BCUT2D eigenvalue weighted by atomic mass is 9.95. The monoisotopic (exact) mass is 505 g/mol. The number of nitrogens with zero attached hydrogens (tertiary/aromatic N) is 2. The lowest BCUT2D eigenvalue weighted by Crippen LogP contribution is -2.55. The molecule has 1 aliphatic rings. The summed E-state index contributed by atoms with van der Waals surface area (Å²) in [6, 6.07) is 5.67. The van der Waals surface area contributed by atoms with E-state index in [2.05, 4.69) is 20.9 Å². The molecule has 2 atom stereocenters. The van der Waals surface area contributed by atoms with Gasteiger partial charge >= 0.3 is 19.9 Å². The lowest BCUT2D eigenvalue weighted by molar-refractivity contribution is -0.142. The number of amides is 3. The minimum absolute atomic E-state index is 0.106. The van der Waals surface area contributed by atoms with Crippen molar-refractivity contribution in [2.45, 2.75) is 24.9 Å². The van der Waals surface area contributed by atoms with Crippen LogP contribution in [0.25, 0.3) is 0 Å². The summed E-state index contributed by atoms with van der Waals surface area (Å²) in [6.07, 6.45) is 0.635. The first-order valence-electron chi connectivity index (χ1n) is 10.4. The average Bonchev–Trinajstić information content (AvgIpc) is 3.30. The van der Waals surface area contributed by atoms with Gasteiger partial charge in [0.1, 0.15) is 12.1 Å². The molecule has 186 valence electrons. The Hall–Kier alpha value is -3.59. The zero-order valence-corrected chi connectivity index (χ0v) is 19.4. The lowest BCUT2D eigenvalue weighted by Gasteiger charge is -2.25. The van der Waals surface area contributed by atoms with Crippen LogP contribution in [0.1, 0.15) is 12.8 Å². The number of hydrogen-bond acceptors (Lipinski definition) is 7. The van der Waals surface area contributed by atoms with Crippen molar-refractivity contribution in [3.63, 3.8) is 0 Å². The molecule has 0 bridgehead atoms. The molecule has 1 aliphatic heterocycles. The largest absolute Gasteiger partial charge is 0.480 e. The molecule has 0 spiro atoms. The number of nitrogens with one attached hydrogen (secondary N) is 3. The molecule has 14 nitrogen and oxygen atoms in total. The van der Waals surface area contributed by atoms with Crippen molar-refractivity contribution in [2.24, 2.45) is 16.4 Å². The number of rotatable bonds is 12. The Kier molecular flexibility index (Phi) is 10.1. The second-order valence-corrected chi connectivity index (χ2v) is 9.18. The molecule has 35 heavy (non-hydrogen) atoms. The number of carbonyl (C=O) groups excluding carboxylic acids is 3. The van der Waals surface area contributed by atoms with Crippen LogP contribution in [0.5, 0.6) is 0 Å². The second-order valence-electron chi connectivity index (χ2n) is 7.45. The molecule has 1 heterocycles. The molecule has 1 aromatic rings. The van der Waals surface area contributed by atoms with Crippen LogP contribution < -0.4 is 32.9 Å². The predicted octanol–water partition coefficient (Wildman–Crippen LogP) is -3.99. The maximum atomic E-state index is 12.8.